The molecule has 0 aliphatic heterocycles. The van der Waals surface area contributed by atoms with E-state index in [9.17, 15) is 8.42 Å². The summed E-state index contributed by atoms with van der Waals surface area (Å²) >= 11 is 9.28. The van der Waals surface area contributed by atoms with Crippen LogP contribution in [0.3, 0.4) is 0 Å². The van der Waals surface area contributed by atoms with Crippen LogP contribution in [-0.2, 0) is 16.6 Å². The largest absolute Gasteiger partial charge is 0.399 e. The van der Waals surface area contributed by atoms with Crippen LogP contribution in [0.5, 0.6) is 0 Å². The number of nitrogens with two attached hydrogens (primary N) is 1. The molecule has 0 saturated carbocycles. The quantitative estimate of drug-likeness (QED) is 0.806. The molecule has 0 radical (unpaired) electrons. The topological polar surface area (TPSA) is 72.2 Å². The van der Waals surface area contributed by atoms with E-state index in [1.54, 1.807) is 6.07 Å². The van der Waals surface area contributed by atoms with Crippen LogP contribution in [0, 0.1) is 0 Å². The Balaban J connectivity index is 2.24. The van der Waals surface area contributed by atoms with Crippen LogP contribution in [0.15, 0.2) is 51.8 Å². The molecule has 0 aromatic heterocycles. The maximum absolute atomic E-state index is 12.2. The fourth-order valence-electron chi connectivity index (χ4n) is 1.62. The van der Waals surface area contributed by atoms with Crippen LogP contribution >= 0.6 is 27.5 Å². The van der Waals surface area contributed by atoms with E-state index < -0.39 is 10.0 Å². The van der Waals surface area contributed by atoms with Gasteiger partial charge in [0.1, 0.15) is 4.90 Å². The number of nitrogens with one attached hydrogen (secondary N) is 1. The molecule has 0 bridgehead atoms. The molecule has 0 heterocycles. The lowest BCUT2D eigenvalue weighted by molar-refractivity contribution is 0.581. The highest BCUT2D eigenvalue weighted by Crippen LogP contribution is 2.24. The average Bonchev–Trinajstić information content (AvgIpc) is 2.40. The summed E-state index contributed by atoms with van der Waals surface area (Å²) in [6.07, 6.45) is 0. The van der Waals surface area contributed by atoms with Gasteiger partial charge in [-0.15, -0.1) is 0 Å². The van der Waals surface area contributed by atoms with Crippen molar-refractivity contribution in [3.8, 4) is 0 Å². The third-order valence-electron chi connectivity index (χ3n) is 2.66. The van der Waals surface area contributed by atoms with Crippen molar-refractivity contribution >= 4 is 43.2 Å². The Bertz CT molecular complexity index is 735. The fourth-order valence-corrected chi connectivity index (χ4v) is 3.58. The van der Waals surface area contributed by atoms with Crippen molar-refractivity contribution in [1.29, 1.82) is 0 Å². The van der Waals surface area contributed by atoms with Gasteiger partial charge in [-0.25, -0.2) is 13.1 Å². The van der Waals surface area contributed by atoms with E-state index in [-0.39, 0.29) is 16.5 Å². The Morgan fingerprint density at radius 3 is 2.60 bits per heavy atom. The lowest BCUT2D eigenvalue weighted by Crippen LogP contribution is -2.23. The number of hydrogen-bond donors (Lipinski definition) is 2. The summed E-state index contributed by atoms with van der Waals surface area (Å²) < 4.78 is 27.8. The van der Waals surface area contributed by atoms with Gasteiger partial charge in [0.15, 0.2) is 0 Å². The highest BCUT2D eigenvalue weighted by molar-refractivity contribution is 9.10. The van der Waals surface area contributed by atoms with Crippen molar-refractivity contribution in [2.24, 2.45) is 0 Å². The van der Waals surface area contributed by atoms with Crippen molar-refractivity contribution < 1.29 is 8.42 Å². The van der Waals surface area contributed by atoms with Gasteiger partial charge in [-0.05, 0) is 29.8 Å². The van der Waals surface area contributed by atoms with Gasteiger partial charge in [-0.3, -0.25) is 0 Å². The second-order valence-electron chi connectivity index (χ2n) is 4.11. The van der Waals surface area contributed by atoms with Gasteiger partial charge in [-0.1, -0.05) is 45.7 Å². The minimum absolute atomic E-state index is 0.0220. The first-order chi connectivity index (χ1) is 9.40. The summed E-state index contributed by atoms with van der Waals surface area (Å²) in [5.74, 6) is 0. The van der Waals surface area contributed by atoms with Gasteiger partial charge in [0.25, 0.3) is 0 Å². The highest BCUT2D eigenvalue weighted by Gasteiger charge is 2.18. The van der Waals surface area contributed by atoms with Crippen molar-refractivity contribution in [1.82, 2.24) is 4.72 Å². The van der Waals surface area contributed by atoms with Crippen LogP contribution in [0.2, 0.25) is 5.02 Å². The Hall–Kier alpha value is -1.08. The van der Waals surface area contributed by atoms with E-state index in [2.05, 4.69) is 20.7 Å². The first-order valence-electron chi connectivity index (χ1n) is 5.68. The van der Waals surface area contributed by atoms with Crippen LogP contribution < -0.4 is 10.5 Å². The van der Waals surface area contributed by atoms with E-state index in [0.717, 1.165) is 10.0 Å². The van der Waals surface area contributed by atoms with E-state index in [0.29, 0.717) is 5.69 Å². The third kappa shape index (κ3) is 3.52. The van der Waals surface area contributed by atoms with Gasteiger partial charge in [0.2, 0.25) is 10.0 Å². The molecule has 7 heteroatoms. The van der Waals surface area contributed by atoms with E-state index >= 15 is 0 Å². The number of anilines is 1. The SMILES string of the molecule is Nc1ccc(Cl)c(S(=O)(=O)NCc2ccccc2Br)c1. The summed E-state index contributed by atoms with van der Waals surface area (Å²) in [7, 11) is -3.71. The third-order valence-corrected chi connectivity index (χ3v) is 5.31. The molecular formula is C13H12BrClN2O2S. The molecule has 2 aromatic carbocycles. The number of sulfonamides is 1. The average molecular weight is 376 g/mol. The van der Waals surface area contributed by atoms with Crippen LogP contribution in [0.25, 0.3) is 0 Å². The lowest BCUT2D eigenvalue weighted by Gasteiger charge is -2.10. The van der Waals surface area contributed by atoms with Gasteiger partial charge >= 0.3 is 0 Å². The second kappa shape index (κ2) is 6.13. The summed E-state index contributed by atoms with van der Waals surface area (Å²) in [5.41, 5.74) is 6.77. The molecule has 0 fully saturated rings. The number of hydrogen-bond acceptors (Lipinski definition) is 3. The summed E-state index contributed by atoms with van der Waals surface area (Å²) in [6, 6.07) is 11.7. The first kappa shape index (κ1) is 15.3. The summed E-state index contributed by atoms with van der Waals surface area (Å²) in [5, 5.41) is 0.138. The Morgan fingerprint density at radius 2 is 1.90 bits per heavy atom. The molecule has 3 N–H and O–H groups in total. The molecule has 2 aromatic rings. The van der Waals surface area contributed by atoms with Crippen LogP contribution in [-0.4, -0.2) is 8.42 Å². The Morgan fingerprint density at radius 1 is 1.20 bits per heavy atom. The molecule has 2 rings (SSSR count). The van der Waals surface area contributed by atoms with Crippen molar-refractivity contribution in [2.75, 3.05) is 5.73 Å². The smallest absolute Gasteiger partial charge is 0.242 e. The molecular weight excluding hydrogens is 364 g/mol. The van der Waals surface area contributed by atoms with Gasteiger partial charge < -0.3 is 5.73 Å². The van der Waals surface area contributed by atoms with Gasteiger partial charge in [0.05, 0.1) is 5.02 Å². The van der Waals surface area contributed by atoms with Crippen LogP contribution in [0.4, 0.5) is 5.69 Å². The molecule has 20 heavy (non-hydrogen) atoms. The molecule has 106 valence electrons. The minimum Gasteiger partial charge on any atom is -0.399 e. The number of benzene rings is 2. The van der Waals surface area contributed by atoms with Crippen molar-refractivity contribution in [3.63, 3.8) is 0 Å². The maximum Gasteiger partial charge on any atom is 0.242 e. The molecule has 4 nitrogen and oxygen atoms in total. The fraction of sp³-hybridized carbons (Fsp3) is 0.0769. The van der Waals surface area contributed by atoms with E-state index in [1.165, 1.54) is 12.1 Å². The molecule has 0 saturated heterocycles. The molecule has 0 atom stereocenters. The normalized spacial score (nSPS) is 11.5. The standard InChI is InChI=1S/C13H12BrClN2O2S/c14-11-4-2-1-3-9(11)8-17-20(18,19)13-7-10(16)5-6-12(13)15/h1-7,17H,8,16H2. The Labute approximate surface area is 131 Å². The Kier molecular flexibility index (Phi) is 4.70. The zero-order chi connectivity index (χ0) is 14.8. The zero-order valence-electron chi connectivity index (χ0n) is 10.3. The van der Waals surface area contributed by atoms with Crippen molar-refractivity contribution in [3.05, 3.63) is 57.5 Å². The van der Waals surface area contributed by atoms with Crippen molar-refractivity contribution in [2.45, 2.75) is 11.4 Å². The molecule has 0 aliphatic rings. The molecule has 0 unspecified atom stereocenters. The lowest BCUT2D eigenvalue weighted by atomic mass is 10.2. The zero-order valence-corrected chi connectivity index (χ0v) is 13.5. The number of nitrogen functional groups attached to an aromatic ring is 1. The predicted octanol–water partition coefficient (Wildman–Crippen LogP) is 3.16. The second-order valence-corrected chi connectivity index (χ2v) is 7.10. The maximum atomic E-state index is 12.2. The monoisotopic (exact) mass is 374 g/mol. The van der Waals surface area contributed by atoms with E-state index in [4.69, 9.17) is 17.3 Å². The minimum atomic E-state index is -3.71. The number of halogens is 2. The van der Waals surface area contributed by atoms with Crippen LogP contribution in [0.1, 0.15) is 5.56 Å². The summed E-state index contributed by atoms with van der Waals surface area (Å²) in [4.78, 5) is -0.0220. The molecule has 0 amide bonds. The molecule has 0 spiro atoms. The van der Waals surface area contributed by atoms with E-state index in [1.807, 2.05) is 24.3 Å². The van der Waals surface area contributed by atoms with Gasteiger partial charge in [-0.2, -0.15) is 0 Å². The predicted molar refractivity (Wildman–Crippen MR) is 84.0 cm³/mol. The highest BCUT2D eigenvalue weighted by atomic mass is 79.9. The summed E-state index contributed by atoms with van der Waals surface area (Å²) in [6.45, 7) is 0.162. The van der Waals surface area contributed by atoms with Gasteiger partial charge in [0, 0.05) is 16.7 Å². The first-order valence-corrected chi connectivity index (χ1v) is 8.33. The number of rotatable bonds is 4. The molecule has 0 aliphatic carbocycles.